The van der Waals surface area contributed by atoms with Crippen molar-refractivity contribution >= 4 is 5.91 Å². The van der Waals surface area contributed by atoms with Crippen molar-refractivity contribution < 1.29 is 39.8 Å². The van der Waals surface area contributed by atoms with E-state index in [1.165, 1.54) is 116 Å². The third-order valence-corrected chi connectivity index (χ3v) is 11.3. The average molecular weight is 846 g/mol. The van der Waals surface area contributed by atoms with Crippen LogP contribution >= 0.6 is 0 Å². The maximum atomic E-state index is 13.0. The van der Waals surface area contributed by atoms with Crippen LogP contribution in [0.25, 0.3) is 0 Å². The molecular weight excluding hydrogens is 755 g/mol. The summed E-state index contributed by atoms with van der Waals surface area (Å²) in [5.41, 5.74) is 0. The monoisotopic (exact) mass is 846 g/mol. The number of allylic oxidation sites excluding steroid dienone is 9. The first-order chi connectivity index (χ1) is 29.3. The molecule has 9 nitrogen and oxygen atoms in total. The number of rotatable bonds is 40. The fraction of sp³-hybridized carbons (Fsp3) is 0.784. The van der Waals surface area contributed by atoms with Gasteiger partial charge in [0.2, 0.25) is 5.91 Å². The molecule has 0 aromatic carbocycles. The third-order valence-electron chi connectivity index (χ3n) is 11.3. The fourth-order valence-corrected chi connectivity index (χ4v) is 7.35. The predicted molar refractivity (Wildman–Crippen MR) is 249 cm³/mol. The quantitative estimate of drug-likeness (QED) is 0.0264. The molecule has 0 aromatic rings. The Morgan fingerprint density at radius 2 is 1.00 bits per heavy atom. The maximum Gasteiger partial charge on any atom is 0.220 e. The molecule has 0 bridgehead atoms. The van der Waals surface area contributed by atoms with Crippen LogP contribution < -0.4 is 5.32 Å². The molecule has 0 saturated carbocycles. The van der Waals surface area contributed by atoms with Crippen molar-refractivity contribution in [1.82, 2.24) is 5.32 Å². The highest BCUT2D eigenvalue weighted by Gasteiger charge is 2.44. The number of ether oxygens (including phenoxy) is 2. The number of carbonyl (C=O) groups is 1. The number of hydrogen-bond acceptors (Lipinski definition) is 8. The van der Waals surface area contributed by atoms with Crippen LogP contribution in [-0.2, 0) is 14.3 Å². The van der Waals surface area contributed by atoms with Gasteiger partial charge in [-0.1, -0.05) is 184 Å². The summed E-state index contributed by atoms with van der Waals surface area (Å²) in [6.07, 6.45) is 46.9. The highest BCUT2D eigenvalue weighted by molar-refractivity contribution is 5.76. The SMILES string of the molecule is CCCCCCC/C=C\C/C=C\C/C=C\CCCCCCCCC(=O)NC(COC1OC(CO)C(O)C(O)C1O)C(O)/C=C/CC/C=C/CCCCCCCCCCCC. The molecule has 60 heavy (non-hydrogen) atoms. The summed E-state index contributed by atoms with van der Waals surface area (Å²) in [5.74, 6) is -0.201. The van der Waals surface area contributed by atoms with E-state index in [2.05, 4.69) is 67.8 Å². The van der Waals surface area contributed by atoms with Crippen LogP contribution in [0.2, 0.25) is 0 Å². The normalized spacial score (nSPS) is 21.1. The van der Waals surface area contributed by atoms with Crippen molar-refractivity contribution in [3.63, 3.8) is 0 Å². The van der Waals surface area contributed by atoms with Crippen LogP contribution in [0.15, 0.2) is 60.8 Å². The van der Waals surface area contributed by atoms with E-state index in [1.54, 1.807) is 6.08 Å². The van der Waals surface area contributed by atoms with Gasteiger partial charge in [0.25, 0.3) is 0 Å². The Hall–Kier alpha value is -2.11. The molecule has 348 valence electrons. The molecule has 1 aliphatic heterocycles. The van der Waals surface area contributed by atoms with Crippen LogP contribution in [0.3, 0.4) is 0 Å². The Labute approximate surface area is 366 Å². The molecule has 1 aliphatic rings. The Balaban J connectivity index is 2.36. The second-order valence-corrected chi connectivity index (χ2v) is 16.9. The second kappa shape index (κ2) is 40.9. The van der Waals surface area contributed by atoms with Gasteiger partial charge in [0, 0.05) is 6.42 Å². The summed E-state index contributed by atoms with van der Waals surface area (Å²) in [7, 11) is 0. The minimum absolute atomic E-state index is 0.201. The highest BCUT2D eigenvalue weighted by atomic mass is 16.7. The van der Waals surface area contributed by atoms with Gasteiger partial charge in [0.1, 0.15) is 24.4 Å². The van der Waals surface area contributed by atoms with Gasteiger partial charge in [-0.15, -0.1) is 0 Å². The van der Waals surface area contributed by atoms with Gasteiger partial charge in [-0.05, 0) is 70.6 Å². The summed E-state index contributed by atoms with van der Waals surface area (Å²) < 4.78 is 11.2. The van der Waals surface area contributed by atoms with E-state index >= 15 is 0 Å². The van der Waals surface area contributed by atoms with Gasteiger partial charge >= 0.3 is 0 Å². The Morgan fingerprint density at radius 1 is 0.567 bits per heavy atom. The molecule has 1 heterocycles. The minimum atomic E-state index is -1.58. The lowest BCUT2D eigenvalue weighted by Gasteiger charge is -2.40. The molecular formula is C51H91NO8. The zero-order valence-electron chi connectivity index (χ0n) is 38.2. The first-order valence-electron chi connectivity index (χ1n) is 24.5. The molecule has 0 radical (unpaired) electrons. The van der Waals surface area contributed by atoms with Crippen molar-refractivity contribution in [2.75, 3.05) is 13.2 Å². The smallest absolute Gasteiger partial charge is 0.220 e. The number of aliphatic hydroxyl groups is 5. The number of amides is 1. The van der Waals surface area contributed by atoms with E-state index in [0.29, 0.717) is 6.42 Å². The van der Waals surface area contributed by atoms with Gasteiger partial charge < -0.3 is 40.3 Å². The number of unbranched alkanes of at least 4 members (excludes halogenated alkanes) is 22. The van der Waals surface area contributed by atoms with E-state index < -0.39 is 49.5 Å². The van der Waals surface area contributed by atoms with Crippen LogP contribution in [0, 0.1) is 0 Å². The molecule has 7 atom stereocenters. The molecule has 1 amide bonds. The van der Waals surface area contributed by atoms with Crippen LogP contribution in [-0.4, -0.2) is 87.5 Å². The average Bonchev–Trinajstić information content (AvgIpc) is 3.25. The van der Waals surface area contributed by atoms with Gasteiger partial charge in [-0.25, -0.2) is 0 Å². The van der Waals surface area contributed by atoms with E-state index in [0.717, 1.165) is 64.2 Å². The minimum Gasteiger partial charge on any atom is -0.394 e. The molecule has 0 aliphatic carbocycles. The van der Waals surface area contributed by atoms with Crippen molar-refractivity contribution in [1.29, 1.82) is 0 Å². The summed E-state index contributed by atoms with van der Waals surface area (Å²) >= 11 is 0. The summed E-state index contributed by atoms with van der Waals surface area (Å²) in [6, 6.07) is -0.830. The lowest BCUT2D eigenvalue weighted by molar-refractivity contribution is -0.302. The van der Waals surface area contributed by atoms with Gasteiger partial charge in [0.05, 0.1) is 25.4 Å². The Bertz CT molecular complexity index is 1120. The van der Waals surface area contributed by atoms with E-state index in [-0.39, 0.29) is 12.5 Å². The van der Waals surface area contributed by atoms with E-state index in [4.69, 9.17) is 9.47 Å². The van der Waals surface area contributed by atoms with Crippen LogP contribution in [0.1, 0.15) is 200 Å². The highest BCUT2D eigenvalue weighted by Crippen LogP contribution is 2.22. The predicted octanol–water partition coefficient (Wildman–Crippen LogP) is 10.8. The zero-order valence-corrected chi connectivity index (χ0v) is 38.2. The van der Waals surface area contributed by atoms with Gasteiger partial charge in [-0.2, -0.15) is 0 Å². The second-order valence-electron chi connectivity index (χ2n) is 16.9. The van der Waals surface area contributed by atoms with Crippen molar-refractivity contribution in [3.05, 3.63) is 60.8 Å². The fourth-order valence-electron chi connectivity index (χ4n) is 7.35. The van der Waals surface area contributed by atoms with Gasteiger partial charge in [-0.3, -0.25) is 4.79 Å². The third kappa shape index (κ3) is 30.8. The first-order valence-corrected chi connectivity index (χ1v) is 24.5. The lowest BCUT2D eigenvalue weighted by Crippen LogP contribution is -2.60. The number of carbonyl (C=O) groups excluding carboxylic acids is 1. The molecule has 1 saturated heterocycles. The maximum absolute atomic E-state index is 13.0. The van der Waals surface area contributed by atoms with Crippen LogP contribution in [0.5, 0.6) is 0 Å². The summed E-state index contributed by atoms with van der Waals surface area (Å²) in [4.78, 5) is 13.0. The lowest BCUT2D eigenvalue weighted by atomic mass is 9.99. The molecule has 0 spiro atoms. The first kappa shape index (κ1) is 55.9. The molecule has 1 fully saturated rings. The largest absolute Gasteiger partial charge is 0.394 e. The molecule has 9 heteroatoms. The Morgan fingerprint density at radius 3 is 1.52 bits per heavy atom. The van der Waals surface area contributed by atoms with Crippen molar-refractivity contribution in [2.45, 2.75) is 243 Å². The standard InChI is InChI=1S/C51H91NO8/c1-3-5-7-9-11-13-15-17-19-21-22-23-24-25-27-29-31-33-35-37-39-41-47(55)52-44(43-59-51-50(58)49(57)48(56)46(42-53)60-51)45(54)40-38-36-34-32-30-28-26-20-18-16-14-12-10-8-6-4-2/h15,17,21-22,24-25,30,32,38,40,44-46,48-51,53-54,56-58H,3-14,16,18-20,23,26-29,31,33-37,39,41-43H2,1-2H3,(H,52,55)/b17-15-,22-21-,25-24-,32-30+,40-38+. The van der Waals surface area contributed by atoms with E-state index in [9.17, 15) is 30.3 Å². The molecule has 0 aromatic heterocycles. The van der Waals surface area contributed by atoms with Crippen molar-refractivity contribution in [2.24, 2.45) is 0 Å². The summed E-state index contributed by atoms with van der Waals surface area (Å²) in [6.45, 7) is 3.73. The van der Waals surface area contributed by atoms with Crippen molar-refractivity contribution in [3.8, 4) is 0 Å². The molecule has 7 unspecified atom stereocenters. The summed E-state index contributed by atoms with van der Waals surface area (Å²) in [5, 5.41) is 54.2. The Kier molecular flexibility index (Phi) is 38.1. The molecule has 6 N–H and O–H groups in total. The number of aliphatic hydroxyl groups excluding tert-OH is 5. The van der Waals surface area contributed by atoms with Gasteiger partial charge in [0.15, 0.2) is 6.29 Å². The number of hydrogen-bond donors (Lipinski definition) is 6. The number of nitrogens with one attached hydrogen (secondary N) is 1. The topological polar surface area (TPSA) is 149 Å². The zero-order chi connectivity index (χ0) is 43.7. The van der Waals surface area contributed by atoms with E-state index in [1.807, 2.05) is 6.08 Å². The van der Waals surface area contributed by atoms with Crippen LogP contribution in [0.4, 0.5) is 0 Å². The molecule has 1 rings (SSSR count).